The lowest BCUT2D eigenvalue weighted by molar-refractivity contribution is -0.384. The van der Waals surface area contributed by atoms with Crippen molar-refractivity contribution in [3.8, 4) is 0 Å². The molecule has 26 heavy (non-hydrogen) atoms. The molecule has 0 aromatic heterocycles. The zero-order chi connectivity index (χ0) is 19.3. The van der Waals surface area contributed by atoms with Crippen LogP contribution >= 0.6 is 23.4 Å². The quantitative estimate of drug-likeness (QED) is 0.227. The summed E-state index contributed by atoms with van der Waals surface area (Å²) in [5, 5.41) is 10.3. The Morgan fingerprint density at radius 2 is 2.15 bits per heavy atom. The fraction of sp³-hybridized carbons (Fsp3) is 0.312. The van der Waals surface area contributed by atoms with Gasteiger partial charge in [-0.15, -0.1) is 0 Å². The molecule has 2 rings (SSSR count). The van der Waals surface area contributed by atoms with E-state index in [2.05, 4.69) is 0 Å². The SMILES string of the molecule is CCCCOC(=O)CN1C(=O)S/C(=C\c2ccc(Cl)c([N+](=O)[O-])c2)C1=O. The molecule has 0 radical (unpaired) electrons. The van der Waals surface area contributed by atoms with Gasteiger partial charge in [0.15, 0.2) is 0 Å². The Hall–Kier alpha value is -2.39. The van der Waals surface area contributed by atoms with E-state index in [1.54, 1.807) is 0 Å². The van der Waals surface area contributed by atoms with E-state index in [0.717, 1.165) is 11.3 Å². The maximum Gasteiger partial charge on any atom is 0.326 e. The summed E-state index contributed by atoms with van der Waals surface area (Å²) in [7, 11) is 0. The van der Waals surface area contributed by atoms with Gasteiger partial charge in [0.2, 0.25) is 0 Å². The van der Waals surface area contributed by atoms with Crippen molar-refractivity contribution in [2.24, 2.45) is 0 Å². The first-order valence-corrected chi connectivity index (χ1v) is 8.88. The molecule has 0 saturated carbocycles. The number of hydrogen-bond acceptors (Lipinski definition) is 7. The second kappa shape index (κ2) is 8.81. The molecule has 0 spiro atoms. The van der Waals surface area contributed by atoms with Crippen molar-refractivity contribution in [3.05, 3.63) is 43.8 Å². The summed E-state index contributed by atoms with van der Waals surface area (Å²) in [5.74, 6) is -1.31. The molecule has 1 aromatic rings. The minimum absolute atomic E-state index is 0.0323. The zero-order valence-electron chi connectivity index (χ0n) is 13.8. The molecule has 8 nitrogen and oxygen atoms in total. The molecule has 2 amide bonds. The van der Waals surface area contributed by atoms with Crippen LogP contribution in [-0.4, -0.2) is 40.1 Å². The summed E-state index contributed by atoms with van der Waals surface area (Å²) >= 11 is 6.40. The van der Waals surface area contributed by atoms with Crippen LogP contribution in [0.3, 0.4) is 0 Å². The van der Waals surface area contributed by atoms with E-state index in [1.165, 1.54) is 24.3 Å². The lowest BCUT2D eigenvalue weighted by Crippen LogP contribution is -2.34. The van der Waals surface area contributed by atoms with Gasteiger partial charge in [-0.05, 0) is 35.9 Å². The van der Waals surface area contributed by atoms with E-state index in [0.29, 0.717) is 23.7 Å². The molecular formula is C16H15ClN2O6S. The number of carbonyl (C=O) groups is 3. The maximum absolute atomic E-state index is 12.3. The van der Waals surface area contributed by atoms with Crippen LogP contribution in [0.4, 0.5) is 10.5 Å². The maximum atomic E-state index is 12.3. The van der Waals surface area contributed by atoms with Crippen molar-refractivity contribution < 1.29 is 24.0 Å². The highest BCUT2D eigenvalue weighted by Gasteiger charge is 2.36. The van der Waals surface area contributed by atoms with Crippen molar-refractivity contribution in [2.45, 2.75) is 19.8 Å². The van der Waals surface area contributed by atoms with E-state index < -0.39 is 28.6 Å². The molecule has 0 atom stereocenters. The monoisotopic (exact) mass is 398 g/mol. The number of imide groups is 1. The Morgan fingerprint density at radius 3 is 2.81 bits per heavy atom. The average Bonchev–Trinajstić information content (AvgIpc) is 2.84. The number of amides is 2. The van der Waals surface area contributed by atoms with Gasteiger partial charge in [0.1, 0.15) is 11.6 Å². The van der Waals surface area contributed by atoms with Gasteiger partial charge in [0.25, 0.3) is 16.8 Å². The average molecular weight is 399 g/mol. The van der Waals surface area contributed by atoms with Crippen LogP contribution in [0, 0.1) is 10.1 Å². The standard InChI is InChI=1S/C16H15ClN2O6S/c1-2-3-6-25-14(20)9-18-15(21)13(26-16(18)22)8-10-4-5-11(17)12(7-10)19(23)24/h4-5,7-8H,2-3,6,9H2,1H3/b13-8-. The number of rotatable bonds is 7. The molecule has 1 aliphatic rings. The highest BCUT2D eigenvalue weighted by molar-refractivity contribution is 8.18. The second-order valence-corrected chi connectivity index (χ2v) is 6.71. The van der Waals surface area contributed by atoms with Crippen molar-refractivity contribution in [3.63, 3.8) is 0 Å². The summed E-state index contributed by atoms with van der Waals surface area (Å²) in [6.07, 6.45) is 2.89. The topological polar surface area (TPSA) is 107 Å². The van der Waals surface area contributed by atoms with Crippen LogP contribution in [0.15, 0.2) is 23.1 Å². The van der Waals surface area contributed by atoms with Gasteiger partial charge < -0.3 is 4.74 Å². The Labute approximate surface area is 158 Å². The molecular weight excluding hydrogens is 384 g/mol. The van der Waals surface area contributed by atoms with E-state index in [1.807, 2.05) is 6.92 Å². The smallest absolute Gasteiger partial charge is 0.326 e. The highest BCUT2D eigenvalue weighted by Crippen LogP contribution is 2.33. The summed E-state index contributed by atoms with van der Waals surface area (Å²) < 4.78 is 4.95. The zero-order valence-corrected chi connectivity index (χ0v) is 15.3. The number of thioether (sulfide) groups is 1. The molecule has 0 N–H and O–H groups in total. The van der Waals surface area contributed by atoms with Crippen molar-refractivity contribution in [1.29, 1.82) is 0 Å². The molecule has 1 saturated heterocycles. The summed E-state index contributed by atoms with van der Waals surface area (Å²) in [5.41, 5.74) is 0.0382. The third-order valence-electron chi connectivity index (χ3n) is 3.39. The summed E-state index contributed by atoms with van der Waals surface area (Å²) in [6.45, 7) is 1.71. The molecule has 0 aliphatic carbocycles. The minimum Gasteiger partial charge on any atom is -0.464 e. The Kier molecular flexibility index (Phi) is 6.76. The van der Waals surface area contributed by atoms with Gasteiger partial charge in [-0.3, -0.25) is 29.4 Å². The van der Waals surface area contributed by atoms with Crippen LogP contribution in [0.25, 0.3) is 6.08 Å². The number of carbonyl (C=O) groups excluding carboxylic acids is 3. The fourth-order valence-electron chi connectivity index (χ4n) is 2.05. The Bertz CT molecular complexity index is 795. The number of nitro benzene ring substituents is 1. The third-order valence-corrected chi connectivity index (χ3v) is 4.61. The van der Waals surface area contributed by atoms with Gasteiger partial charge in [-0.1, -0.05) is 31.0 Å². The number of benzene rings is 1. The number of unbranched alkanes of at least 4 members (excludes halogenated alkanes) is 1. The first-order chi connectivity index (χ1) is 12.3. The number of nitro groups is 1. The summed E-state index contributed by atoms with van der Waals surface area (Å²) in [6, 6.07) is 4.03. The van der Waals surface area contributed by atoms with Gasteiger partial charge in [-0.2, -0.15) is 0 Å². The number of hydrogen-bond donors (Lipinski definition) is 0. The number of esters is 1. The van der Waals surface area contributed by atoms with E-state index in [9.17, 15) is 24.5 Å². The summed E-state index contributed by atoms with van der Waals surface area (Å²) in [4.78, 5) is 47.1. The molecule has 1 aliphatic heterocycles. The lowest BCUT2D eigenvalue weighted by atomic mass is 10.2. The van der Waals surface area contributed by atoms with E-state index >= 15 is 0 Å². The molecule has 1 heterocycles. The highest BCUT2D eigenvalue weighted by atomic mass is 35.5. The first kappa shape index (κ1) is 19.9. The van der Waals surface area contributed by atoms with Crippen LogP contribution in [0.1, 0.15) is 25.3 Å². The lowest BCUT2D eigenvalue weighted by Gasteiger charge is -2.11. The molecule has 0 unspecified atom stereocenters. The number of halogens is 1. The Morgan fingerprint density at radius 1 is 1.42 bits per heavy atom. The van der Waals surface area contributed by atoms with Gasteiger partial charge in [0, 0.05) is 6.07 Å². The minimum atomic E-state index is -0.663. The predicted molar refractivity (Wildman–Crippen MR) is 96.7 cm³/mol. The normalized spacial score (nSPS) is 15.6. The predicted octanol–water partition coefficient (Wildman–Crippen LogP) is 3.63. The number of nitrogens with zero attached hydrogens (tertiary/aromatic N) is 2. The third kappa shape index (κ3) is 4.83. The van der Waals surface area contributed by atoms with Crippen LogP contribution < -0.4 is 0 Å². The fourth-order valence-corrected chi connectivity index (χ4v) is 3.08. The Balaban J connectivity index is 2.13. The largest absolute Gasteiger partial charge is 0.464 e. The second-order valence-electron chi connectivity index (χ2n) is 5.31. The molecule has 0 bridgehead atoms. The van der Waals surface area contributed by atoms with Crippen molar-refractivity contribution >= 4 is 52.2 Å². The molecule has 138 valence electrons. The molecule has 10 heteroatoms. The van der Waals surface area contributed by atoms with Crippen molar-refractivity contribution in [2.75, 3.05) is 13.2 Å². The number of ether oxygens (including phenoxy) is 1. The van der Waals surface area contributed by atoms with Crippen LogP contribution in [0.5, 0.6) is 0 Å². The molecule has 1 aromatic carbocycles. The van der Waals surface area contributed by atoms with Crippen LogP contribution in [-0.2, 0) is 14.3 Å². The van der Waals surface area contributed by atoms with Gasteiger partial charge >= 0.3 is 5.97 Å². The van der Waals surface area contributed by atoms with Crippen LogP contribution in [0.2, 0.25) is 5.02 Å². The van der Waals surface area contributed by atoms with E-state index in [-0.39, 0.29) is 22.2 Å². The van der Waals surface area contributed by atoms with Gasteiger partial charge in [0.05, 0.1) is 16.4 Å². The first-order valence-electron chi connectivity index (χ1n) is 7.68. The molecule has 1 fully saturated rings. The van der Waals surface area contributed by atoms with Crippen molar-refractivity contribution in [1.82, 2.24) is 4.90 Å². The van der Waals surface area contributed by atoms with E-state index in [4.69, 9.17) is 16.3 Å². The van der Waals surface area contributed by atoms with Gasteiger partial charge in [-0.25, -0.2) is 0 Å².